The number of anilines is 1. The molecule has 0 N–H and O–H groups in total. The van der Waals surface area contributed by atoms with Gasteiger partial charge in [-0.25, -0.2) is 0 Å². The van der Waals surface area contributed by atoms with Crippen LogP contribution in [0.2, 0.25) is 0 Å². The minimum Gasteiger partial charge on any atom is -0.497 e. The Labute approximate surface area is 161 Å². The quantitative estimate of drug-likeness (QED) is 0.419. The van der Waals surface area contributed by atoms with Gasteiger partial charge in [-0.2, -0.15) is 0 Å². The molecule has 0 spiro atoms. The Morgan fingerprint density at radius 3 is 1.74 bits per heavy atom. The predicted octanol–water partition coefficient (Wildman–Crippen LogP) is 5.68. The fourth-order valence-electron chi connectivity index (χ4n) is 2.59. The van der Waals surface area contributed by atoms with E-state index in [1.807, 2.05) is 56.7 Å². The maximum absolute atomic E-state index is 5.16. The lowest BCUT2D eigenvalue weighted by Crippen LogP contribution is -2.07. The average Bonchev–Trinajstić information content (AvgIpc) is 2.72. The molecule has 3 nitrogen and oxygen atoms in total. The molecule has 0 heterocycles. The normalized spacial score (nSPS) is 11.2. The largest absolute Gasteiger partial charge is 0.497 e. The molecule has 3 heteroatoms. The highest BCUT2D eigenvalue weighted by molar-refractivity contribution is 5.82. The standard InChI is InChI=1S/C24H24N2O/c1-26(2)23-14-8-20(9-15-23)5-4-19-6-12-22(13-7-19)25-18-21-10-16-24(27-3)17-11-21/h4-18H,1-3H3/b5-4+,25-18?. The summed E-state index contributed by atoms with van der Waals surface area (Å²) in [5.41, 5.74) is 5.50. The van der Waals surface area contributed by atoms with Gasteiger partial charge in [-0.3, -0.25) is 4.99 Å². The molecule has 0 atom stereocenters. The van der Waals surface area contributed by atoms with Crippen LogP contribution in [-0.4, -0.2) is 27.4 Å². The lowest BCUT2D eigenvalue weighted by molar-refractivity contribution is 0.415. The summed E-state index contributed by atoms with van der Waals surface area (Å²) in [7, 11) is 5.75. The zero-order valence-corrected chi connectivity index (χ0v) is 16.0. The van der Waals surface area contributed by atoms with Gasteiger partial charge in [-0.15, -0.1) is 0 Å². The van der Waals surface area contributed by atoms with E-state index >= 15 is 0 Å². The van der Waals surface area contributed by atoms with E-state index in [9.17, 15) is 0 Å². The number of hydrogen-bond acceptors (Lipinski definition) is 3. The summed E-state index contributed by atoms with van der Waals surface area (Å²) in [6.07, 6.45) is 6.09. The van der Waals surface area contributed by atoms with Crippen LogP contribution in [0.25, 0.3) is 12.2 Å². The molecule has 27 heavy (non-hydrogen) atoms. The summed E-state index contributed by atoms with van der Waals surface area (Å²) in [6, 6.07) is 24.5. The van der Waals surface area contributed by atoms with Crippen LogP contribution in [0.3, 0.4) is 0 Å². The Kier molecular flexibility index (Phi) is 6.06. The molecule has 3 aromatic rings. The molecule has 0 aliphatic rings. The van der Waals surface area contributed by atoms with Crippen molar-refractivity contribution in [2.24, 2.45) is 4.99 Å². The first kappa shape index (κ1) is 18.5. The van der Waals surface area contributed by atoms with Crippen LogP contribution in [0.15, 0.2) is 77.8 Å². The van der Waals surface area contributed by atoms with E-state index in [4.69, 9.17) is 4.74 Å². The van der Waals surface area contributed by atoms with Gasteiger partial charge in [-0.1, -0.05) is 36.4 Å². The van der Waals surface area contributed by atoms with Crippen molar-refractivity contribution in [1.29, 1.82) is 0 Å². The van der Waals surface area contributed by atoms with Crippen LogP contribution in [0.4, 0.5) is 11.4 Å². The van der Waals surface area contributed by atoms with Gasteiger partial charge in [0.2, 0.25) is 0 Å². The fraction of sp³-hybridized carbons (Fsp3) is 0.125. The molecule has 0 aromatic heterocycles. The molecule has 3 rings (SSSR count). The Balaban J connectivity index is 1.63. The predicted molar refractivity (Wildman–Crippen MR) is 116 cm³/mol. The smallest absolute Gasteiger partial charge is 0.118 e. The first-order chi connectivity index (χ1) is 13.1. The summed E-state index contributed by atoms with van der Waals surface area (Å²) in [5, 5.41) is 0. The SMILES string of the molecule is COc1ccc(C=Nc2ccc(/C=C/c3ccc(N(C)C)cc3)cc2)cc1. The number of methoxy groups -OCH3 is 1. The maximum atomic E-state index is 5.16. The zero-order valence-electron chi connectivity index (χ0n) is 16.0. The van der Waals surface area contributed by atoms with Crippen LogP contribution in [0.1, 0.15) is 16.7 Å². The first-order valence-corrected chi connectivity index (χ1v) is 8.88. The average molecular weight is 356 g/mol. The van der Waals surface area contributed by atoms with Crippen molar-refractivity contribution < 1.29 is 4.74 Å². The Bertz CT molecular complexity index is 906. The third-order valence-corrected chi connectivity index (χ3v) is 4.25. The van der Waals surface area contributed by atoms with Crippen molar-refractivity contribution in [2.75, 3.05) is 26.1 Å². The Morgan fingerprint density at radius 2 is 1.22 bits per heavy atom. The minimum atomic E-state index is 0.847. The van der Waals surface area contributed by atoms with Crippen molar-refractivity contribution in [3.05, 3.63) is 89.5 Å². The lowest BCUT2D eigenvalue weighted by Gasteiger charge is -2.11. The van der Waals surface area contributed by atoms with Crippen molar-refractivity contribution in [1.82, 2.24) is 0 Å². The highest BCUT2D eigenvalue weighted by Crippen LogP contribution is 2.17. The lowest BCUT2D eigenvalue weighted by atomic mass is 10.1. The molecule has 0 aliphatic carbocycles. The second kappa shape index (κ2) is 8.86. The second-order valence-corrected chi connectivity index (χ2v) is 6.44. The van der Waals surface area contributed by atoms with E-state index in [-0.39, 0.29) is 0 Å². The highest BCUT2D eigenvalue weighted by atomic mass is 16.5. The van der Waals surface area contributed by atoms with Gasteiger partial charge in [-0.05, 0) is 65.2 Å². The third-order valence-electron chi connectivity index (χ3n) is 4.25. The fourth-order valence-corrected chi connectivity index (χ4v) is 2.59. The van der Waals surface area contributed by atoms with Crippen molar-refractivity contribution in [3.63, 3.8) is 0 Å². The topological polar surface area (TPSA) is 24.8 Å². The van der Waals surface area contributed by atoms with Gasteiger partial charge >= 0.3 is 0 Å². The van der Waals surface area contributed by atoms with Gasteiger partial charge in [0, 0.05) is 26.0 Å². The Morgan fingerprint density at radius 1 is 0.704 bits per heavy atom. The highest BCUT2D eigenvalue weighted by Gasteiger charge is 1.95. The monoisotopic (exact) mass is 356 g/mol. The molecule has 136 valence electrons. The van der Waals surface area contributed by atoms with Crippen LogP contribution >= 0.6 is 0 Å². The molecule has 0 saturated carbocycles. The van der Waals surface area contributed by atoms with E-state index in [0.717, 1.165) is 22.6 Å². The molecular weight excluding hydrogens is 332 g/mol. The molecule has 0 bridgehead atoms. The third kappa shape index (κ3) is 5.32. The molecule has 3 aromatic carbocycles. The summed E-state index contributed by atoms with van der Waals surface area (Å²) < 4.78 is 5.16. The van der Waals surface area contributed by atoms with Crippen LogP contribution < -0.4 is 9.64 Å². The first-order valence-electron chi connectivity index (χ1n) is 8.88. The van der Waals surface area contributed by atoms with Gasteiger partial charge in [0.05, 0.1) is 12.8 Å². The molecule has 0 radical (unpaired) electrons. The number of hydrogen-bond donors (Lipinski definition) is 0. The van der Waals surface area contributed by atoms with E-state index in [0.29, 0.717) is 0 Å². The van der Waals surface area contributed by atoms with Gasteiger partial charge < -0.3 is 9.64 Å². The summed E-state index contributed by atoms with van der Waals surface area (Å²) >= 11 is 0. The number of aliphatic imine (C=N–C) groups is 1. The Hall–Kier alpha value is -3.33. The molecular formula is C24H24N2O. The molecule has 0 unspecified atom stereocenters. The van der Waals surface area contributed by atoms with E-state index in [2.05, 4.69) is 58.4 Å². The van der Waals surface area contributed by atoms with Gasteiger partial charge in [0.25, 0.3) is 0 Å². The minimum absolute atomic E-state index is 0.847. The van der Waals surface area contributed by atoms with Crippen molar-refractivity contribution in [3.8, 4) is 5.75 Å². The summed E-state index contributed by atoms with van der Waals surface area (Å²) in [6.45, 7) is 0. The van der Waals surface area contributed by atoms with Crippen LogP contribution in [0, 0.1) is 0 Å². The van der Waals surface area contributed by atoms with E-state index in [1.165, 1.54) is 11.3 Å². The molecule has 0 saturated heterocycles. The molecule has 0 amide bonds. The second-order valence-electron chi connectivity index (χ2n) is 6.44. The van der Waals surface area contributed by atoms with Crippen LogP contribution in [0.5, 0.6) is 5.75 Å². The number of benzene rings is 3. The van der Waals surface area contributed by atoms with Gasteiger partial charge in [0.1, 0.15) is 5.75 Å². The number of rotatable bonds is 6. The molecule has 0 aliphatic heterocycles. The number of ether oxygens (including phenoxy) is 1. The van der Waals surface area contributed by atoms with E-state index in [1.54, 1.807) is 7.11 Å². The van der Waals surface area contributed by atoms with Crippen molar-refractivity contribution in [2.45, 2.75) is 0 Å². The molecule has 0 fully saturated rings. The van der Waals surface area contributed by atoms with E-state index < -0.39 is 0 Å². The maximum Gasteiger partial charge on any atom is 0.118 e. The summed E-state index contributed by atoms with van der Waals surface area (Å²) in [4.78, 5) is 6.62. The van der Waals surface area contributed by atoms with Crippen LogP contribution in [-0.2, 0) is 0 Å². The zero-order chi connectivity index (χ0) is 19.1. The summed E-state index contributed by atoms with van der Waals surface area (Å²) in [5.74, 6) is 0.847. The van der Waals surface area contributed by atoms with Crippen molar-refractivity contribution >= 4 is 29.7 Å². The van der Waals surface area contributed by atoms with Gasteiger partial charge in [0.15, 0.2) is 0 Å². The number of nitrogens with zero attached hydrogens (tertiary/aromatic N) is 2.